The van der Waals surface area contributed by atoms with Crippen molar-refractivity contribution in [2.24, 2.45) is 0 Å². The van der Waals surface area contributed by atoms with Crippen molar-refractivity contribution in [1.29, 1.82) is 0 Å². The predicted octanol–water partition coefficient (Wildman–Crippen LogP) is 2.65. The van der Waals surface area contributed by atoms with Crippen LogP contribution < -0.4 is 5.30 Å². The van der Waals surface area contributed by atoms with Crippen LogP contribution in [-0.4, -0.2) is 0 Å². The van der Waals surface area contributed by atoms with Gasteiger partial charge < -0.3 is 0 Å². The summed E-state index contributed by atoms with van der Waals surface area (Å²) < 4.78 is 0. The number of hydrogen-bond acceptors (Lipinski definition) is 0. The van der Waals surface area contributed by atoms with E-state index in [9.17, 15) is 0 Å². The lowest BCUT2D eigenvalue weighted by Gasteiger charge is -2.03. The Bertz CT molecular complexity index is 378. The first kappa shape index (κ1) is 7.76. The predicted molar refractivity (Wildman–Crippen MR) is 58.0 cm³/mol. The van der Waals surface area contributed by atoms with E-state index in [1.807, 2.05) is 0 Å². The van der Waals surface area contributed by atoms with Crippen LogP contribution >= 0.6 is 9.24 Å². The fourth-order valence-corrected chi connectivity index (χ4v) is 1.82. The second-order valence-electron chi connectivity index (χ2n) is 3.02. The standard InChI is InChI=1S/C11H11P/c1-8-6-7-11(12)10-5-3-2-4-9(8)10/h2-7H,12H2,1H3. The van der Waals surface area contributed by atoms with Gasteiger partial charge in [0.2, 0.25) is 0 Å². The summed E-state index contributed by atoms with van der Waals surface area (Å²) in [4.78, 5) is 0. The van der Waals surface area contributed by atoms with Crippen molar-refractivity contribution < 1.29 is 0 Å². The van der Waals surface area contributed by atoms with E-state index in [4.69, 9.17) is 0 Å². The van der Waals surface area contributed by atoms with Crippen LogP contribution in [0.5, 0.6) is 0 Å². The number of benzene rings is 2. The van der Waals surface area contributed by atoms with Gasteiger partial charge in [-0.3, -0.25) is 0 Å². The Morgan fingerprint density at radius 1 is 0.917 bits per heavy atom. The van der Waals surface area contributed by atoms with Crippen molar-refractivity contribution in [2.75, 3.05) is 0 Å². The third kappa shape index (κ3) is 1.13. The van der Waals surface area contributed by atoms with Gasteiger partial charge >= 0.3 is 0 Å². The molecule has 2 aromatic carbocycles. The molecule has 0 aromatic heterocycles. The molecule has 0 aliphatic heterocycles. The maximum absolute atomic E-state index is 2.77. The fraction of sp³-hybridized carbons (Fsp3) is 0.0909. The summed E-state index contributed by atoms with van der Waals surface area (Å²) in [7, 11) is 2.77. The first-order chi connectivity index (χ1) is 5.79. The zero-order valence-electron chi connectivity index (χ0n) is 7.04. The van der Waals surface area contributed by atoms with Crippen LogP contribution in [0.15, 0.2) is 36.4 Å². The van der Waals surface area contributed by atoms with Gasteiger partial charge in [0.1, 0.15) is 0 Å². The number of fused-ring (bicyclic) bond motifs is 1. The highest BCUT2D eigenvalue weighted by molar-refractivity contribution is 7.28. The Morgan fingerprint density at radius 3 is 2.25 bits per heavy atom. The van der Waals surface area contributed by atoms with E-state index in [1.54, 1.807) is 0 Å². The number of hydrogen-bond donors (Lipinski definition) is 0. The summed E-state index contributed by atoms with van der Waals surface area (Å²) in [6.45, 7) is 2.15. The number of rotatable bonds is 0. The first-order valence-corrected chi connectivity index (χ1v) is 4.60. The van der Waals surface area contributed by atoms with Gasteiger partial charge in [0.05, 0.1) is 0 Å². The van der Waals surface area contributed by atoms with Crippen LogP contribution in [0.4, 0.5) is 0 Å². The third-order valence-electron chi connectivity index (χ3n) is 2.18. The topological polar surface area (TPSA) is 0 Å². The number of aryl methyl sites for hydroxylation is 1. The van der Waals surface area contributed by atoms with E-state index >= 15 is 0 Å². The summed E-state index contributed by atoms with van der Waals surface area (Å²) in [6.07, 6.45) is 0. The zero-order valence-corrected chi connectivity index (χ0v) is 8.20. The molecule has 0 radical (unpaired) electrons. The minimum Gasteiger partial charge on any atom is -0.105 e. The van der Waals surface area contributed by atoms with Crippen molar-refractivity contribution in [3.63, 3.8) is 0 Å². The molecule has 0 heterocycles. The fourth-order valence-electron chi connectivity index (χ4n) is 1.47. The molecule has 1 atom stereocenters. The lowest BCUT2D eigenvalue weighted by molar-refractivity contribution is 1.54. The summed E-state index contributed by atoms with van der Waals surface area (Å²) in [5, 5.41) is 3.96. The highest BCUT2D eigenvalue weighted by Crippen LogP contribution is 2.17. The monoisotopic (exact) mass is 174 g/mol. The minimum absolute atomic E-state index is 1.27. The smallest absolute Gasteiger partial charge is 0.0110 e. The van der Waals surface area contributed by atoms with Gasteiger partial charge in [-0.2, -0.15) is 0 Å². The lowest BCUT2D eigenvalue weighted by Crippen LogP contribution is -1.93. The van der Waals surface area contributed by atoms with Crippen molar-refractivity contribution in [3.8, 4) is 0 Å². The van der Waals surface area contributed by atoms with E-state index < -0.39 is 0 Å². The van der Waals surface area contributed by atoms with Gasteiger partial charge in [-0.05, 0) is 28.6 Å². The lowest BCUT2D eigenvalue weighted by atomic mass is 10.1. The van der Waals surface area contributed by atoms with E-state index in [-0.39, 0.29) is 0 Å². The second-order valence-corrected chi connectivity index (χ2v) is 3.64. The van der Waals surface area contributed by atoms with Gasteiger partial charge in [0.15, 0.2) is 0 Å². The van der Waals surface area contributed by atoms with E-state index in [1.165, 1.54) is 21.6 Å². The molecule has 0 aliphatic rings. The normalized spacial score (nSPS) is 10.5. The van der Waals surface area contributed by atoms with Crippen molar-refractivity contribution >= 4 is 25.3 Å². The maximum Gasteiger partial charge on any atom is -0.0110 e. The minimum atomic E-state index is 1.27. The Kier molecular flexibility index (Phi) is 1.86. The molecule has 0 nitrogen and oxygen atoms in total. The summed E-state index contributed by atoms with van der Waals surface area (Å²) in [5.74, 6) is 0. The Balaban J connectivity index is 2.95. The average molecular weight is 174 g/mol. The van der Waals surface area contributed by atoms with Gasteiger partial charge in [-0.1, -0.05) is 36.4 Å². The van der Waals surface area contributed by atoms with Crippen LogP contribution in [0.3, 0.4) is 0 Å². The molecule has 12 heavy (non-hydrogen) atoms. The Morgan fingerprint density at radius 2 is 1.58 bits per heavy atom. The van der Waals surface area contributed by atoms with Crippen LogP contribution in [0, 0.1) is 6.92 Å². The first-order valence-electron chi connectivity index (χ1n) is 4.03. The molecule has 1 unspecified atom stereocenters. The molecule has 2 rings (SSSR count). The van der Waals surface area contributed by atoms with Gasteiger partial charge in [-0.15, -0.1) is 9.24 Å². The van der Waals surface area contributed by atoms with Gasteiger partial charge in [0, 0.05) is 0 Å². The summed E-state index contributed by atoms with van der Waals surface area (Å²) in [6, 6.07) is 12.8. The average Bonchev–Trinajstić information content (AvgIpc) is 2.12. The van der Waals surface area contributed by atoms with E-state index in [2.05, 4.69) is 52.6 Å². The molecule has 0 N–H and O–H groups in total. The SMILES string of the molecule is Cc1ccc(P)c2ccccc12. The summed E-state index contributed by atoms with van der Waals surface area (Å²) >= 11 is 0. The molecule has 2 aromatic rings. The van der Waals surface area contributed by atoms with Crippen molar-refractivity contribution in [2.45, 2.75) is 6.92 Å². The van der Waals surface area contributed by atoms with Gasteiger partial charge in [-0.25, -0.2) is 0 Å². The third-order valence-corrected chi connectivity index (χ3v) is 2.68. The highest BCUT2D eigenvalue weighted by atomic mass is 31.0. The zero-order chi connectivity index (χ0) is 8.55. The molecule has 0 saturated heterocycles. The van der Waals surface area contributed by atoms with Crippen LogP contribution in [0.1, 0.15) is 5.56 Å². The van der Waals surface area contributed by atoms with E-state index in [0.717, 1.165) is 0 Å². The molecule has 0 bridgehead atoms. The van der Waals surface area contributed by atoms with Crippen LogP contribution in [-0.2, 0) is 0 Å². The molecular formula is C11H11P. The van der Waals surface area contributed by atoms with Crippen LogP contribution in [0.25, 0.3) is 10.8 Å². The molecule has 0 saturated carbocycles. The van der Waals surface area contributed by atoms with E-state index in [0.29, 0.717) is 0 Å². The largest absolute Gasteiger partial charge is 0.105 e. The second kappa shape index (κ2) is 2.88. The quantitative estimate of drug-likeness (QED) is 0.538. The molecule has 0 amide bonds. The summed E-state index contributed by atoms with van der Waals surface area (Å²) in [5.41, 5.74) is 1.34. The Hall–Kier alpha value is -0.870. The molecule has 0 aliphatic carbocycles. The Labute approximate surface area is 74.8 Å². The van der Waals surface area contributed by atoms with Crippen molar-refractivity contribution in [3.05, 3.63) is 42.0 Å². The van der Waals surface area contributed by atoms with Gasteiger partial charge in [0.25, 0.3) is 0 Å². The molecule has 0 spiro atoms. The molecule has 0 fully saturated rings. The highest BCUT2D eigenvalue weighted by Gasteiger charge is 1.97. The maximum atomic E-state index is 2.77. The molecule has 60 valence electrons. The molecule has 1 heteroatoms. The van der Waals surface area contributed by atoms with Crippen LogP contribution in [0.2, 0.25) is 0 Å². The molecular weight excluding hydrogens is 163 g/mol. The van der Waals surface area contributed by atoms with Crippen molar-refractivity contribution in [1.82, 2.24) is 0 Å².